The lowest BCUT2D eigenvalue weighted by atomic mass is 10.1. The van der Waals surface area contributed by atoms with E-state index in [1.165, 1.54) is 5.56 Å². The number of ether oxygens (including phenoxy) is 1. The summed E-state index contributed by atoms with van der Waals surface area (Å²) >= 11 is 1.66. The predicted octanol–water partition coefficient (Wildman–Crippen LogP) is 3.76. The molecule has 0 saturated carbocycles. The van der Waals surface area contributed by atoms with Crippen molar-refractivity contribution in [1.82, 2.24) is 4.98 Å². The standard InChI is InChI=1S/C16H18N2OS/c1-3-4-14-15(9-10-17)20-16(18-14)11-12-5-7-13(19-2)8-6-12/h5-8H,3-4,9,11H2,1-2H3. The molecule has 1 heterocycles. The number of nitriles is 1. The molecule has 3 nitrogen and oxygen atoms in total. The van der Waals surface area contributed by atoms with Crippen LogP contribution in [-0.4, -0.2) is 12.1 Å². The van der Waals surface area contributed by atoms with Gasteiger partial charge in [0.05, 0.1) is 30.3 Å². The molecule has 0 spiro atoms. The maximum absolute atomic E-state index is 8.88. The number of rotatable bonds is 6. The van der Waals surface area contributed by atoms with E-state index >= 15 is 0 Å². The summed E-state index contributed by atoms with van der Waals surface area (Å²) in [5.41, 5.74) is 2.31. The van der Waals surface area contributed by atoms with Gasteiger partial charge in [-0.05, 0) is 24.1 Å². The van der Waals surface area contributed by atoms with Gasteiger partial charge in [0.1, 0.15) is 5.75 Å². The Morgan fingerprint density at radius 1 is 1.30 bits per heavy atom. The summed E-state index contributed by atoms with van der Waals surface area (Å²) in [7, 11) is 1.67. The summed E-state index contributed by atoms with van der Waals surface area (Å²) in [6.45, 7) is 2.14. The van der Waals surface area contributed by atoms with Crippen LogP contribution < -0.4 is 4.74 Å². The van der Waals surface area contributed by atoms with E-state index in [0.29, 0.717) is 6.42 Å². The Morgan fingerprint density at radius 3 is 2.65 bits per heavy atom. The second kappa shape index (κ2) is 7.06. The predicted molar refractivity (Wildman–Crippen MR) is 81.2 cm³/mol. The van der Waals surface area contributed by atoms with Crippen LogP contribution in [0.15, 0.2) is 24.3 Å². The van der Waals surface area contributed by atoms with Gasteiger partial charge < -0.3 is 4.74 Å². The van der Waals surface area contributed by atoms with Gasteiger partial charge in [-0.2, -0.15) is 5.26 Å². The number of hydrogen-bond acceptors (Lipinski definition) is 4. The fourth-order valence-corrected chi connectivity index (χ4v) is 3.15. The third-order valence-corrected chi connectivity index (χ3v) is 4.16. The molecule has 4 heteroatoms. The highest BCUT2D eigenvalue weighted by atomic mass is 32.1. The quantitative estimate of drug-likeness (QED) is 0.812. The van der Waals surface area contributed by atoms with Crippen LogP contribution in [-0.2, 0) is 19.3 Å². The van der Waals surface area contributed by atoms with Gasteiger partial charge in [0.25, 0.3) is 0 Å². The largest absolute Gasteiger partial charge is 0.497 e. The summed E-state index contributed by atoms with van der Waals surface area (Å²) in [5.74, 6) is 0.865. The number of aryl methyl sites for hydroxylation is 1. The molecule has 1 aromatic heterocycles. The van der Waals surface area contributed by atoms with Gasteiger partial charge >= 0.3 is 0 Å². The van der Waals surface area contributed by atoms with Gasteiger partial charge in [-0.25, -0.2) is 4.98 Å². The summed E-state index contributed by atoms with van der Waals surface area (Å²) in [4.78, 5) is 5.82. The molecule has 0 unspecified atom stereocenters. The zero-order valence-electron chi connectivity index (χ0n) is 11.8. The average molecular weight is 286 g/mol. The van der Waals surface area contributed by atoms with Crippen LogP contribution in [0.5, 0.6) is 5.75 Å². The molecule has 0 radical (unpaired) electrons. The van der Waals surface area contributed by atoms with E-state index in [2.05, 4.69) is 25.1 Å². The van der Waals surface area contributed by atoms with Gasteiger partial charge in [0, 0.05) is 11.3 Å². The zero-order valence-corrected chi connectivity index (χ0v) is 12.7. The molecule has 0 amide bonds. The highest BCUT2D eigenvalue weighted by molar-refractivity contribution is 7.11. The van der Waals surface area contributed by atoms with Gasteiger partial charge in [-0.15, -0.1) is 11.3 Å². The van der Waals surface area contributed by atoms with E-state index < -0.39 is 0 Å². The Kier molecular flexibility index (Phi) is 5.14. The van der Waals surface area contributed by atoms with E-state index in [1.807, 2.05) is 12.1 Å². The lowest BCUT2D eigenvalue weighted by Gasteiger charge is -2.01. The topological polar surface area (TPSA) is 45.9 Å². The molecule has 0 aliphatic carbocycles. The summed E-state index contributed by atoms with van der Waals surface area (Å²) in [5, 5.41) is 9.97. The molecule has 0 bridgehead atoms. The highest BCUT2D eigenvalue weighted by Crippen LogP contribution is 2.23. The first-order valence-corrected chi connectivity index (χ1v) is 7.55. The third-order valence-electron chi connectivity index (χ3n) is 3.06. The Morgan fingerprint density at radius 2 is 2.05 bits per heavy atom. The molecule has 0 atom stereocenters. The molecule has 1 aromatic carbocycles. The van der Waals surface area contributed by atoms with Crippen molar-refractivity contribution in [3.8, 4) is 11.8 Å². The van der Waals surface area contributed by atoms with Crippen LogP contribution in [0.25, 0.3) is 0 Å². The molecule has 104 valence electrons. The number of benzene rings is 1. The monoisotopic (exact) mass is 286 g/mol. The normalized spacial score (nSPS) is 10.2. The maximum Gasteiger partial charge on any atom is 0.118 e. The van der Waals surface area contributed by atoms with Gasteiger partial charge in [0.15, 0.2) is 0 Å². The fraction of sp³-hybridized carbons (Fsp3) is 0.375. The van der Waals surface area contributed by atoms with Crippen molar-refractivity contribution < 1.29 is 4.74 Å². The van der Waals surface area contributed by atoms with E-state index in [-0.39, 0.29) is 0 Å². The lowest BCUT2D eigenvalue weighted by Crippen LogP contribution is -1.91. The average Bonchev–Trinajstić information content (AvgIpc) is 2.82. The van der Waals surface area contributed by atoms with Crippen molar-refractivity contribution in [3.63, 3.8) is 0 Å². The lowest BCUT2D eigenvalue weighted by molar-refractivity contribution is 0.414. The Balaban J connectivity index is 2.15. The van der Waals surface area contributed by atoms with Crippen LogP contribution in [0.2, 0.25) is 0 Å². The molecule has 20 heavy (non-hydrogen) atoms. The van der Waals surface area contributed by atoms with E-state index in [1.54, 1.807) is 18.4 Å². The first-order valence-electron chi connectivity index (χ1n) is 6.74. The van der Waals surface area contributed by atoms with Crippen molar-refractivity contribution in [2.75, 3.05) is 7.11 Å². The maximum atomic E-state index is 8.88. The van der Waals surface area contributed by atoms with Gasteiger partial charge in [0.2, 0.25) is 0 Å². The van der Waals surface area contributed by atoms with E-state index in [9.17, 15) is 0 Å². The summed E-state index contributed by atoms with van der Waals surface area (Å²) in [6.07, 6.45) is 3.30. The smallest absolute Gasteiger partial charge is 0.118 e. The number of hydrogen-bond donors (Lipinski definition) is 0. The van der Waals surface area contributed by atoms with Crippen LogP contribution in [0.1, 0.15) is 34.5 Å². The molecule has 0 fully saturated rings. The Bertz CT molecular complexity index is 596. The molecule has 2 aromatic rings. The highest BCUT2D eigenvalue weighted by Gasteiger charge is 2.10. The SMILES string of the molecule is CCCc1nc(Cc2ccc(OC)cc2)sc1CC#N. The minimum atomic E-state index is 0.468. The van der Waals surface area contributed by atoms with Crippen molar-refractivity contribution in [1.29, 1.82) is 5.26 Å². The van der Waals surface area contributed by atoms with Gasteiger partial charge in [-0.3, -0.25) is 0 Å². The van der Waals surface area contributed by atoms with Crippen LogP contribution in [0.3, 0.4) is 0 Å². The van der Waals surface area contributed by atoms with Crippen molar-refractivity contribution >= 4 is 11.3 Å². The Labute approximate surface area is 123 Å². The number of thiazole rings is 1. The van der Waals surface area contributed by atoms with Crippen LogP contribution in [0.4, 0.5) is 0 Å². The summed E-state index contributed by atoms with van der Waals surface area (Å²) in [6, 6.07) is 10.3. The molecule has 0 aliphatic rings. The number of methoxy groups -OCH3 is 1. The Hall–Kier alpha value is -1.86. The fourth-order valence-electron chi connectivity index (χ4n) is 2.07. The molecule has 0 N–H and O–H groups in total. The molecule has 0 aliphatic heterocycles. The minimum absolute atomic E-state index is 0.468. The van der Waals surface area contributed by atoms with Crippen molar-refractivity contribution in [2.45, 2.75) is 32.6 Å². The van der Waals surface area contributed by atoms with E-state index in [4.69, 9.17) is 15.0 Å². The second-order valence-corrected chi connectivity index (χ2v) is 5.76. The zero-order chi connectivity index (χ0) is 14.4. The molecule has 2 rings (SSSR count). The first-order chi connectivity index (χ1) is 9.76. The van der Waals surface area contributed by atoms with E-state index in [0.717, 1.165) is 40.6 Å². The van der Waals surface area contributed by atoms with Gasteiger partial charge in [-0.1, -0.05) is 25.5 Å². The van der Waals surface area contributed by atoms with Crippen molar-refractivity contribution in [2.24, 2.45) is 0 Å². The number of aromatic nitrogens is 1. The molecular weight excluding hydrogens is 268 g/mol. The minimum Gasteiger partial charge on any atom is -0.497 e. The van der Waals surface area contributed by atoms with Crippen LogP contribution >= 0.6 is 11.3 Å². The number of nitrogens with zero attached hydrogens (tertiary/aromatic N) is 2. The second-order valence-electron chi connectivity index (χ2n) is 4.59. The third kappa shape index (κ3) is 3.58. The van der Waals surface area contributed by atoms with Crippen molar-refractivity contribution in [3.05, 3.63) is 45.4 Å². The molecular formula is C16H18N2OS. The summed E-state index contributed by atoms with van der Waals surface area (Å²) < 4.78 is 5.16. The van der Waals surface area contributed by atoms with Crippen LogP contribution in [0, 0.1) is 11.3 Å². The molecule has 0 saturated heterocycles. The first kappa shape index (κ1) is 14.5.